The fraction of sp³-hybridized carbons (Fsp3) is 0.667. The van der Waals surface area contributed by atoms with Gasteiger partial charge in [-0.25, -0.2) is 8.42 Å². The van der Waals surface area contributed by atoms with Gasteiger partial charge in [0.25, 0.3) is 0 Å². The quantitative estimate of drug-likeness (QED) is 0.643. The van der Waals surface area contributed by atoms with Crippen LogP contribution in [0.25, 0.3) is 0 Å². The number of nitrogens with zero attached hydrogens (tertiary/aromatic N) is 1. The van der Waals surface area contributed by atoms with Crippen molar-refractivity contribution in [1.29, 1.82) is 0 Å². The molecule has 2 rings (SSSR count). The van der Waals surface area contributed by atoms with Crippen LogP contribution in [0.2, 0.25) is 0 Å². The van der Waals surface area contributed by atoms with Crippen LogP contribution in [0, 0.1) is 0 Å². The Balaban J connectivity index is 1.86. The van der Waals surface area contributed by atoms with Crippen molar-refractivity contribution >= 4 is 27.2 Å². The van der Waals surface area contributed by atoms with Crippen LogP contribution in [0.4, 0.5) is 0 Å². The molecular weight excluding hydrogens is 248 g/mol. The van der Waals surface area contributed by atoms with Gasteiger partial charge < -0.3 is 15.0 Å². The van der Waals surface area contributed by atoms with E-state index in [0.717, 1.165) is 13.1 Å². The van der Waals surface area contributed by atoms with E-state index in [9.17, 15) is 8.42 Å². The second kappa shape index (κ2) is 4.68. The Morgan fingerprint density at radius 3 is 2.69 bits per heavy atom. The predicted octanol–water partition coefficient (Wildman–Crippen LogP) is -0.496. The SMILES string of the molecule is O=S1(=O)C=C[C@H](NC(=S)N2CCOCC2)C1. The summed E-state index contributed by atoms with van der Waals surface area (Å²) in [5, 5.41) is 4.89. The van der Waals surface area contributed by atoms with Gasteiger partial charge in [-0.05, 0) is 18.3 Å². The Hall–Kier alpha value is -0.660. The third-order valence-corrected chi connectivity index (χ3v) is 4.31. The molecule has 0 aromatic heterocycles. The first-order valence-electron chi connectivity index (χ1n) is 5.11. The first-order valence-corrected chi connectivity index (χ1v) is 7.23. The van der Waals surface area contributed by atoms with Crippen LogP contribution in [0.1, 0.15) is 0 Å². The summed E-state index contributed by atoms with van der Waals surface area (Å²) in [7, 11) is -3.02. The fourth-order valence-electron chi connectivity index (χ4n) is 1.68. The van der Waals surface area contributed by atoms with Crippen molar-refractivity contribution in [2.75, 3.05) is 32.1 Å². The Morgan fingerprint density at radius 1 is 1.44 bits per heavy atom. The van der Waals surface area contributed by atoms with Gasteiger partial charge >= 0.3 is 0 Å². The van der Waals surface area contributed by atoms with Crippen LogP contribution >= 0.6 is 12.2 Å². The van der Waals surface area contributed by atoms with E-state index >= 15 is 0 Å². The molecule has 0 aromatic rings. The van der Waals surface area contributed by atoms with Crippen molar-refractivity contribution < 1.29 is 13.2 Å². The Morgan fingerprint density at radius 2 is 2.12 bits per heavy atom. The minimum Gasteiger partial charge on any atom is -0.378 e. The molecule has 1 N–H and O–H groups in total. The monoisotopic (exact) mass is 262 g/mol. The summed E-state index contributed by atoms with van der Waals surface area (Å²) in [6.07, 6.45) is 1.64. The number of hydrogen-bond acceptors (Lipinski definition) is 4. The first-order chi connectivity index (χ1) is 7.57. The average molecular weight is 262 g/mol. The van der Waals surface area contributed by atoms with E-state index in [0.29, 0.717) is 18.3 Å². The number of ether oxygens (including phenoxy) is 1. The van der Waals surface area contributed by atoms with Gasteiger partial charge in [-0.3, -0.25) is 0 Å². The van der Waals surface area contributed by atoms with E-state index in [1.807, 2.05) is 4.90 Å². The standard InChI is InChI=1S/C9H14N2O3S2/c12-16(13)6-1-8(7-16)10-9(15)11-2-4-14-5-3-11/h1,6,8H,2-5,7H2,(H,10,15)/t8-/m0/s1. The fourth-order valence-corrected chi connectivity index (χ4v) is 3.25. The maximum Gasteiger partial charge on any atom is 0.173 e. The summed E-state index contributed by atoms with van der Waals surface area (Å²) < 4.78 is 27.6. The lowest BCUT2D eigenvalue weighted by Gasteiger charge is -2.30. The average Bonchev–Trinajstić information content (AvgIpc) is 2.59. The summed E-state index contributed by atoms with van der Waals surface area (Å²) in [5.41, 5.74) is 0. The molecule has 0 unspecified atom stereocenters. The Labute approximate surface area is 100 Å². The molecule has 7 heteroatoms. The normalized spacial score (nSPS) is 28.0. The molecular formula is C9H14N2O3S2. The maximum atomic E-state index is 11.2. The summed E-state index contributed by atoms with van der Waals surface area (Å²) >= 11 is 5.22. The van der Waals surface area contributed by atoms with Gasteiger partial charge in [-0.15, -0.1) is 0 Å². The Bertz CT molecular complexity index is 399. The first kappa shape index (κ1) is 11.8. The highest BCUT2D eigenvalue weighted by molar-refractivity contribution is 7.94. The molecule has 1 atom stereocenters. The molecule has 0 radical (unpaired) electrons. The van der Waals surface area contributed by atoms with E-state index < -0.39 is 9.84 Å². The molecule has 2 aliphatic heterocycles. The van der Waals surface area contributed by atoms with Gasteiger partial charge in [-0.2, -0.15) is 0 Å². The molecule has 0 aromatic carbocycles. The van der Waals surface area contributed by atoms with E-state index in [-0.39, 0.29) is 11.8 Å². The van der Waals surface area contributed by atoms with Crippen molar-refractivity contribution in [3.8, 4) is 0 Å². The zero-order valence-corrected chi connectivity index (χ0v) is 10.4. The minimum atomic E-state index is -3.02. The molecule has 2 aliphatic rings. The lowest BCUT2D eigenvalue weighted by molar-refractivity contribution is 0.0676. The smallest absolute Gasteiger partial charge is 0.173 e. The zero-order valence-electron chi connectivity index (χ0n) is 8.76. The van der Waals surface area contributed by atoms with E-state index in [2.05, 4.69) is 5.32 Å². The van der Waals surface area contributed by atoms with Gasteiger partial charge in [0.1, 0.15) is 0 Å². The topological polar surface area (TPSA) is 58.6 Å². The molecule has 90 valence electrons. The van der Waals surface area contributed by atoms with Crippen LogP contribution < -0.4 is 5.32 Å². The molecule has 0 spiro atoms. The van der Waals surface area contributed by atoms with Crippen LogP contribution in [-0.2, 0) is 14.6 Å². The predicted molar refractivity (Wildman–Crippen MR) is 64.8 cm³/mol. The Kier molecular flexibility index (Phi) is 3.46. The number of hydrogen-bond donors (Lipinski definition) is 1. The van der Waals surface area contributed by atoms with Crippen molar-refractivity contribution in [3.05, 3.63) is 11.5 Å². The molecule has 2 heterocycles. The number of morpholine rings is 1. The van der Waals surface area contributed by atoms with E-state index in [1.54, 1.807) is 6.08 Å². The van der Waals surface area contributed by atoms with Gasteiger partial charge in [0.2, 0.25) is 0 Å². The van der Waals surface area contributed by atoms with Crippen LogP contribution in [0.3, 0.4) is 0 Å². The van der Waals surface area contributed by atoms with Gasteiger partial charge in [0.05, 0.1) is 25.0 Å². The third kappa shape index (κ3) is 2.93. The molecule has 0 aliphatic carbocycles. The molecule has 0 bridgehead atoms. The number of thiocarbonyl (C=S) groups is 1. The van der Waals surface area contributed by atoms with Crippen molar-refractivity contribution in [2.24, 2.45) is 0 Å². The number of sulfone groups is 1. The second-order valence-corrected chi connectivity index (χ2v) is 6.13. The van der Waals surface area contributed by atoms with Crippen molar-refractivity contribution in [2.45, 2.75) is 6.04 Å². The maximum absolute atomic E-state index is 11.2. The van der Waals surface area contributed by atoms with Crippen molar-refractivity contribution in [1.82, 2.24) is 10.2 Å². The number of nitrogens with one attached hydrogen (secondary N) is 1. The van der Waals surface area contributed by atoms with E-state index in [1.165, 1.54) is 5.41 Å². The molecule has 1 fully saturated rings. The lowest BCUT2D eigenvalue weighted by atomic mass is 10.3. The van der Waals surface area contributed by atoms with E-state index in [4.69, 9.17) is 17.0 Å². The summed E-state index contributed by atoms with van der Waals surface area (Å²) in [6, 6.07) is -0.194. The highest BCUT2D eigenvalue weighted by atomic mass is 32.2. The van der Waals surface area contributed by atoms with Gasteiger partial charge in [-0.1, -0.05) is 0 Å². The largest absolute Gasteiger partial charge is 0.378 e. The highest BCUT2D eigenvalue weighted by Gasteiger charge is 2.23. The van der Waals surface area contributed by atoms with Crippen LogP contribution in [0.15, 0.2) is 11.5 Å². The third-order valence-electron chi connectivity index (χ3n) is 2.54. The van der Waals surface area contributed by atoms with Crippen molar-refractivity contribution in [3.63, 3.8) is 0 Å². The van der Waals surface area contributed by atoms with Gasteiger partial charge in [0.15, 0.2) is 14.9 Å². The molecule has 5 nitrogen and oxygen atoms in total. The highest BCUT2D eigenvalue weighted by Crippen LogP contribution is 2.08. The van der Waals surface area contributed by atoms with Gasteiger partial charge in [0, 0.05) is 18.5 Å². The molecule has 16 heavy (non-hydrogen) atoms. The zero-order chi connectivity index (χ0) is 11.6. The summed E-state index contributed by atoms with van der Waals surface area (Å²) in [6.45, 7) is 2.85. The minimum absolute atomic E-state index is 0.0947. The molecule has 0 amide bonds. The molecule has 1 saturated heterocycles. The van der Waals surface area contributed by atoms with Crippen LogP contribution in [-0.4, -0.2) is 56.5 Å². The molecule has 0 saturated carbocycles. The number of rotatable bonds is 1. The summed E-state index contributed by atoms with van der Waals surface area (Å²) in [5.74, 6) is 0.0947. The summed E-state index contributed by atoms with van der Waals surface area (Å²) in [4.78, 5) is 2.00. The van der Waals surface area contributed by atoms with Crippen LogP contribution in [0.5, 0.6) is 0 Å². The lowest BCUT2D eigenvalue weighted by Crippen LogP contribution is -2.49. The second-order valence-electron chi connectivity index (χ2n) is 3.81.